The van der Waals surface area contributed by atoms with Gasteiger partial charge in [-0.25, -0.2) is 0 Å². The average molecular weight is 268 g/mol. The number of hydrogen-bond donors (Lipinski definition) is 0. The first-order valence-electron chi connectivity index (χ1n) is 6.46. The van der Waals surface area contributed by atoms with Gasteiger partial charge in [0, 0.05) is 12.6 Å². The second kappa shape index (κ2) is 6.24. The Hall–Kier alpha value is -1.02. The smallest absolute Gasteiger partial charge is 0.255 e. The van der Waals surface area contributed by atoms with Gasteiger partial charge in [-0.05, 0) is 57.4 Å². The minimum atomic E-state index is 0.0277. The molecule has 1 aromatic rings. The quantitative estimate of drug-likeness (QED) is 0.800. The molecule has 0 atom stereocenters. The maximum absolute atomic E-state index is 12.5. The van der Waals surface area contributed by atoms with Crippen molar-refractivity contribution in [3.05, 3.63) is 33.8 Å². The Labute approximate surface area is 115 Å². The van der Waals surface area contributed by atoms with Crippen molar-refractivity contribution in [1.29, 1.82) is 0 Å². The van der Waals surface area contributed by atoms with E-state index in [1.807, 2.05) is 44.7 Å². The van der Waals surface area contributed by atoms with Gasteiger partial charge in [0.1, 0.15) is 0 Å². The van der Waals surface area contributed by atoms with Gasteiger partial charge in [0.2, 0.25) is 0 Å². The normalized spacial score (nSPS) is 10.8. The molecule has 3 heteroatoms. The number of halogens is 1. The molecule has 2 nitrogen and oxygen atoms in total. The highest BCUT2D eigenvalue weighted by molar-refractivity contribution is 6.34. The molecule has 0 aliphatic heterocycles. The third-order valence-corrected chi connectivity index (χ3v) is 3.48. The van der Waals surface area contributed by atoms with Gasteiger partial charge >= 0.3 is 0 Å². The molecule has 0 heterocycles. The van der Waals surface area contributed by atoms with Gasteiger partial charge in [-0.3, -0.25) is 4.79 Å². The SMILES string of the molecule is CCCN(C(=O)c1cc(C)c(C)cc1Cl)C(C)C. The molecule has 0 aromatic heterocycles. The average Bonchev–Trinajstić information content (AvgIpc) is 2.29. The molecule has 0 fully saturated rings. The fraction of sp³-hybridized carbons (Fsp3) is 0.533. The summed E-state index contributed by atoms with van der Waals surface area (Å²) in [5.41, 5.74) is 2.83. The highest BCUT2D eigenvalue weighted by Crippen LogP contribution is 2.23. The van der Waals surface area contributed by atoms with Crippen LogP contribution in [0.25, 0.3) is 0 Å². The molecule has 1 rings (SSSR count). The zero-order valence-corrected chi connectivity index (χ0v) is 12.6. The number of hydrogen-bond acceptors (Lipinski definition) is 1. The third kappa shape index (κ3) is 3.26. The maximum Gasteiger partial charge on any atom is 0.255 e. The van der Waals surface area contributed by atoms with Crippen LogP contribution < -0.4 is 0 Å². The van der Waals surface area contributed by atoms with Gasteiger partial charge in [0.25, 0.3) is 5.91 Å². The molecule has 0 aliphatic rings. The van der Waals surface area contributed by atoms with Crippen molar-refractivity contribution in [1.82, 2.24) is 4.90 Å². The van der Waals surface area contributed by atoms with E-state index in [4.69, 9.17) is 11.6 Å². The lowest BCUT2D eigenvalue weighted by molar-refractivity contribution is 0.0706. The Bertz CT molecular complexity index is 440. The van der Waals surface area contributed by atoms with Crippen molar-refractivity contribution < 1.29 is 4.79 Å². The van der Waals surface area contributed by atoms with E-state index < -0.39 is 0 Å². The van der Waals surface area contributed by atoms with Crippen LogP contribution in [-0.4, -0.2) is 23.4 Å². The number of amides is 1. The molecule has 0 bridgehead atoms. The van der Waals surface area contributed by atoms with Crippen LogP contribution in [0.2, 0.25) is 5.02 Å². The summed E-state index contributed by atoms with van der Waals surface area (Å²) in [4.78, 5) is 14.4. The van der Waals surface area contributed by atoms with E-state index in [0.29, 0.717) is 10.6 Å². The molecule has 1 amide bonds. The second-order valence-corrected chi connectivity index (χ2v) is 5.42. The first-order chi connectivity index (χ1) is 8.38. The summed E-state index contributed by atoms with van der Waals surface area (Å²) >= 11 is 6.20. The summed E-state index contributed by atoms with van der Waals surface area (Å²) in [6.07, 6.45) is 0.951. The lowest BCUT2D eigenvalue weighted by Gasteiger charge is -2.27. The van der Waals surface area contributed by atoms with Gasteiger partial charge in [-0.15, -0.1) is 0 Å². The Balaban J connectivity index is 3.12. The number of nitrogens with zero attached hydrogens (tertiary/aromatic N) is 1. The summed E-state index contributed by atoms with van der Waals surface area (Å²) in [5.74, 6) is 0.0277. The largest absolute Gasteiger partial charge is 0.336 e. The fourth-order valence-corrected chi connectivity index (χ4v) is 2.23. The third-order valence-electron chi connectivity index (χ3n) is 3.16. The summed E-state index contributed by atoms with van der Waals surface area (Å²) < 4.78 is 0. The Kier molecular flexibility index (Phi) is 5.21. The molecule has 0 radical (unpaired) electrons. The monoisotopic (exact) mass is 267 g/mol. The number of carbonyl (C=O) groups is 1. The number of carbonyl (C=O) groups excluding carboxylic acids is 1. The summed E-state index contributed by atoms with van der Waals surface area (Å²) in [7, 11) is 0. The predicted molar refractivity (Wildman–Crippen MR) is 77.4 cm³/mol. The number of aryl methyl sites for hydroxylation is 2. The van der Waals surface area contributed by atoms with Crippen molar-refractivity contribution in [2.45, 2.75) is 47.1 Å². The maximum atomic E-state index is 12.5. The molecular formula is C15H22ClNO. The Morgan fingerprint density at radius 1 is 1.28 bits per heavy atom. The molecule has 0 aliphatic carbocycles. The van der Waals surface area contributed by atoms with Gasteiger partial charge < -0.3 is 4.90 Å². The highest BCUT2D eigenvalue weighted by Gasteiger charge is 2.20. The van der Waals surface area contributed by atoms with Crippen LogP contribution in [0.5, 0.6) is 0 Å². The van der Waals surface area contributed by atoms with Gasteiger partial charge in [0.05, 0.1) is 10.6 Å². The second-order valence-electron chi connectivity index (χ2n) is 5.01. The molecule has 0 saturated carbocycles. The zero-order chi connectivity index (χ0) is 13.9. The molecule has 100 valence electrons. The van der Waals surface area contributed by atoms with Crippen molar-refractivity contribution >= 4 is 17.5 Å². The van der Waals surface area contributed by atoms with Gasteiger partial charge in [0.15, 0.2) is 0 Å². The van der Waals surface area contributed by atoms with Gasteiger partial charge in [-0.1, -0.05) is 18.5 Å². The van der Waals surface area contributed by atoms with E-state index in [1.165, 1.54) is 0 Å². The van der Waals surface area contributed by atoms with Crippen LogP contribution in [0.3, 0.4) is 0 Å². The number of rotatable bonds is 4. The van der Waals surface area contributed by atoms with Crippen molar-refractivity contribution in [2.24, 2.45) is 0 Å². The highest BCUT2D eigenvalue weighted by atomic mass is 35.5. The number of benzene rings is 1. The van der Waals surface area contributed by atoms with Crippen LogP contribution in [0.1, 0.15) is 48.7 Å². The first-order valence-corrected chi connectivity index (χ1v) is 6.84. The van der Waals surface area contributed by atoms with E-state index in [1.54, 1.807) is 0 Å². The van der Waals surface area contributed by atoms with Crippen LogP contribution >= 0.6 is 11.6 Å². The molecule has 1 aromatic carbocycles. The summed E-state index contributed by atoms with van der Waals surface area (Å²) in [6, 6.07) is 3.95. The summed E-state index contributed by atoms with van der Waals surface area (Å²) in [5, 5.41) is 0.546. The van der Waals surface area contributed by atoms with Crippen LogP contribution in [0.4, 0.5) is 0 Å². The standard InChI is InChI=1S/C15H22ClNO/c1-6-7-17(10(2)3)15(18)13-8-11(4)12(5)9-14(13)16/h8-10H,6-7H2,1-5H3. The van der Waals surface area contributed by atoms with Crippen LogP contribution in [0, 0.1) is 13.8 Å². The molecule has 18 heavy (non-hydrogen) atoms. The van der Waals surface area contributed by atoms with Crippen molar-refractivity contribution in [3.8, 4) is 0 Å². The fourth-order valence-electron chi connectivity index (χ4n) is 1.93. The molecule has 0 unspecified atom stereocenters. The van der Waals surface area contributed by atoms with E-state index in [-0.39, 0.29) is 11.9 Å². The van der Waals surface area contributed by atoms with E-state index in [2.05, 4.69) is 6.92 Å². The Morgan fingerprint density at radius 3 is 2.33 bits per heavy atom. The Morgan fingerprint density at radius 2 is 1.83 bits per heavy atom. The first kappa shape index (κ1) is 15.0. The van der Waals surface area contributed by atoms with Crippen LogP contribution in [-0.2, 0) is 0 Å². The molecule has 0 N–H and O–H groups in total. The molecular weight excluding hydrogens is 246 g/mol. The zero-order valence-electron chi connectivity index (χ0n) is 11.9. The van der Waals surface area contributed by atoms with Gasteiger partial charge in [-0.2, -0.15) is 0 Å². The predicted octanol–water partition coefficient (Wildman–Crippen LogP) is 4.22. The van der Waals surface area contributed by atoms with Crippen molar-refractivity contribution in [3.63, 3.8) is 0 Å². The van der Waals surface area contributed by atoms with E-state index in [9.17, 15) is 4.79 Å². The molecule has 0 saturated heterocycles. The van der Waals surface area contributed by atoms with E-state index in [0.717, 1.165) is 24.1 Å². The topological polar surface area (TPSA) is 20.3 Å². The van der Waals surface area contributed by atoms with Crippen LogP contribution in [0.15, 0.2) is 12.1 Å². The molecule has 0 spiro atoms. The lowest BCUT2D eigenvalue weighted by Crippen LogP contribution is -2.37. The van der Waals surface area contributed by atoms with E-state index >= 15 is 0 Å². The minimum Gasteiger partial charge on any atom is -0.336 e. The lowest BCUT2D eigenvalue weighted by atomic mass is 10.0. The minimum absolute atomic E-state index is 0.0277. The van der Waals surface area contributed by atoms with Crippen molar-refractivity contribution in [2.75, 3.05) is 6.54 Å². The summed E-state index contributed by atoms with van der Waals surface area (Å²) in [6.45, 7) is 10.9.